The van der Waals surface area contributed by atoms with Gasteiger partial charge in [-0.25, -0.2) is 17.8 Å². The predicted octanol–water partition coefficient (Wildman–Crippen LogP) is 1.18. The fourth-order valence-electron chi connectivity index (χ4n) is 3.30. The summed E-state index contributed by atoms with van der Waals surface area (Å²) in [4.78, 5) is 24.7. The molecule has 2 atom stereocenters. The summed E-state index contributed by atoms with van der Waals surface area (Å²) in [5, 5.41) is 8.01. The van der Waals surface area contributed by atoms with Crippen molar-refractivity contribution in [1.82, 2.24) is 10.3 Å². The molecule has 152 valence electrons. The molecule has 28 heavy (non-hydrogen) atoms. The minimum atomic E-state index is -3.18. The Morgan fingerprint density at radius 3 is 2.75 bits per heavy atom. The van der Waals surface area contributed by atoms with Crippen molar-refractivity contribution < 1.29 is 27.1 Å². The van der Waals surface area contributed by atoms with Crippen LogP contribution >= 0.6 is 0 Å². The van der Waals surface area contributed by atoms with E-state index in [1.54, 1.807) is 13.0 Å². The average Bonchev–Trinajstić information content (AvgIpc) is 3.01. The van der Waals surface area contributed by atoms with Gasteiger partial charge in [0.25, 0.3) is 5.91 Å². The van der Waals surface area contributed by atoms with Crippen LogP contribution in [-0.2, 0) is 19.4 Å². The van der Waals surface area contributed by atoms with Crippen molar-refractivity contribution in [2.24, 2.45) is 5.10 Å². The number of methoxy groups -OCH3 is 1. The monoisotopic (exact) mass is 411 g/mol. The Kier molecular flexibility index (Phi) is 5.69. The summed E-state index contributed by atoms with van der Waals surface area (Å²) < 4.78 is 42.1. The molecule has 0 spiro atoms. The van der Waals surface area contributed by atoms with Crippen molar-refractivity contribution in [3.05, 3.63) is 29.6 Å². The van der Waals surface area contributed by atoms with Gasteiger partial charge in [-0.15, -0.1) is 0 Å². The smallest absolute Gasteiger partial charge is 0.267 e. The Bertz CT molecular complexity index is 931. The standard InChI is InChI=1S/C18H22FN3O5S/c1-11(12-3-5-16(27-2)14(19)9-12)20-18(24)15-4-6-17(23)22(21-15)13-7-8-28(25,26)10-13/h3,5,9,11,13H,4,6-8,10H2,1-2H3,(H,20,24). The molecule has 1 saturated heterocycles. The van der Waals surface area contributed by atoms with Gasteiger partial charge in [-0.05, 0) is 31.0 Å². The van der Waals surface area contributed by atoms with Gasteiger partial charge in [0.15, 0.2) is 21.4 Å². The van der Waals surface area contributed by atoms with Gasteiger partial charge in [-0.3, -0.25) is 9.59 Å². The summed E-state index contributed by atoms with van der Waals surface area (Å²) in [6, 6.07) is 3.38. The van der Waals surface area contributed by atoms with Gasteiger partial charge in [0, 0.05) is 12.8 Å². The van der Waals surface area contributed by atoms with Gasteiger partial charge in [0.1, 0.15) is 5.71 Å². The van der Waals surface area contributed by atoms with Crippen molar-refractivity contribution >= 4 is 27.4 Å². The number of hydrazone groups is 1. The maximum Gasteiger partial charge on any atom is 0.267 e. The molecule has 2 unspecified atom stereocenters. The quantitative estimate of drug-likeness (QED) is 0.783. The number of carbonyl (C=O) groups is 2. The van der Waals surface area contributed by atoms with Crippen molar-refractivity contribution in [2.45, 2.75) is 38.3 Å². The first-order valence-electron chi connectivity index (χ1n) is 8.94. The minimum absolute atomic E-state index is 0.0125. The molecule has 1 N–H and O–H groups in total. The maximum atomic E-state index is 13.9. The number of ether oxygens (including phenoxy) is 1. The summed E-state index contributed by atoms with van der Waals surface area (Å²) >= 11 is 0. The SMILES string of the molecule is COc1ccc(C(C)NC(=O)C2=NN(C3CCS(=O)(=O)C3)C(=O)CC2)cc1F. The van der Waals surface area contributed by atoms with Gasteiger partial charge in [0.05, 0.1) is 30.7 Å². The molecule has 1 aromatic carbocycles. The largest absolute Gasteiger partial charge is 0.494 e. The molecular weight excluding hydrogens is 389 g/mol. The number of rotatable bonds is 5. The van der Waals surface area contributed by atoms with E-state index in [1.807, 2.05) is 0 Å². The first-order valence-corrected chi connectivity index (χ1v) is 10.8. The second-order valence-electron chi connectivity index (χ2n) is 6.93. The summed E-state index contributed by atoms with van der Waals surface area (Å²) in [5.41, 5.74) is 0.711. The second kappa shape index (κ2) is 7.86. The molecule has 0 aliphatic carbocycles. The van der Waals surface area contributed by atoms with E-state index in [2.05, 4.69) is 10.4 Å². The fraction of sp³-hybridized carbons (Fsp3) is 0.500. The van der Waals surface area contributed by atoms with Crippen LogP contribution in [0.3, 0.4) is 0 Å². The number of carbonyl (C=O) groups excluding carboxylic acids is 2. The highest BCUT2D eigenvalue weighted by Crippen LogP contribution is 2.24. The van der Waals surface area contributed by atoms with Crippen LogP contribution in [-0.4, -0.2) is 55.6 Å². The van der Waals surface area contributed by atoms with Crippen LogP contribution in [0.4, 0.5) is 4.39 Å². The van der Waals surface area contributed by atoms with Crippen molar-refractivity contribution in [3.63, 3.8) is 0 Å². The van der Waals surface area contributed by atoms with E-state index in [0.29, 0.717) is 12.0 Å². The molecule has 3 rings (SSSR count). The van der Waals surface area contributed by atoms with Crippen molar-refractivity contribution in [2.75, 3.05) is 18.6 Å². The number of nitrogens with one attached hydrogen (secondary N) is 1. The van der Waals surface area contributed by atoms with Crippen molar-refractivity contribution in [3.8, 4) is 5.75 Å². The molecule has 10 heteroatoms. The van der Waals surface area contributed by atoms with E-state index in [9.17, 15) is 22.4 Å². The van der Waals surface area contributed by atoms with Crippen molar-refractivity contribution in [1.29, 1.82) is 0 Å². The van der Waals surface area contributed by atoms with Gasteiger partial charge in [0.2, 0.25) is 5.91 Å². The first kappa shape index (κ1) is 20.2. The van der Waals surface area contributed by atoms with E-state index >= 15 is 0 Å². The normalized spacial score (nSPS) is 22.5. The Labute approximate surface area is 162 Å². The average molecular weight is 411 g/mol. The molecule has 0 saturated carbocycles. The third kappa shape index (κ3) is 4.32. The van der Waals surface area contributed by atoms with Crippen LogP contribution in [0.1, 0.15) is 37.8 Å². The molecule has 0 radical (unpaired) electrons. The van der Waals surface area contributed by atoms with Crippen LogP contribution in [0.15, 0.2) is 23.3 Å². The molecular formula is C18H22FN3O5S. The zero-order valence-corrected chi connectivity index (χ0v) is 16.5. The molecule has 1 fully saturated rings. The number of hydrogen-bond acceptors (Lipinski definition) is 6. The number of nitrogens with zero attached hydrogens (tertiary/aromatic N) is 2. The lowest BCUT2D eigenvalue weighted by molar-refractivity contribution is -0.133. The Hall–Kier alpha value is -2.49. The molecule has 2 amide bonds. The third-order valence-corrected chi connectivity index (χ3v) is 6.65. The van der Waals surface area contributed by atoms with Crippen LogP contribution in [0.5, 0.6) is 5.75 Å². The highest BCUT2D eigenvalue weighted by molar-refractivity contribution is 7.91. The van der Waals surface area contributed by atoms with E-state index in [-0.39, 0.29) is 41.7 Å². The van der Waals surface area contributed by atoms with E-state index in [4.69, 9.17) is 4.74 Å². The predicted molar refractivity (Wildman–Crippen MR) is 100 cm³/mol. The molecule has 2 heterocycles. The lowest BCUT2D eigenvalue weighted by Crippen LogP contribution is -2.44. The van der Waals surface area contributed by atoms with Gasteiger partial charge < -0.3 is 10.1 Å². The molecule has 0 aromatic heterocycles. The van der Waals surface area contributed by atoms with Crippen LogP contribution < -0.4 is 10.1 Å². The lowest BCUT2D eigenvalue weighted by atomic mass is 10.1. The van der Waals surface area contributed by atoms with E-state index in [1.165, 1.54) is 19.2 Å². The maximum absolute atomic E-state index is 13.9. The van der Waals surface area contributed by atoms with Crippen LogP contribution in [0.25, 0.3) is 0 Å². The number of benzene rings is 1. The molecule has 1 aromatic rings. The molecule has 2 aliphatic rings. The van der Waals surface area contributed by atoms with E-state index in [0.717, 1.165) is 5.01 Å². The number of hydrogen-bond donors (Lipinski definition) is 1. The van der Waals surface area contributed by atoms with Gasteiger partial charge >= 0.3 is 0 Å². The zero-order chi connectivity index (χ0) is 20.5. The molecule has 8 nitrogen and oxygen atoms in total. The Morgan fingerprint density at radius 2 is 2.14 bits per heavy atom. The van der Waals surface area contributed by atoms with E-state index < -0.39 is 33.6 Å². The van der Waals surface area contributed by atoms with Gasteiger partial charge in [-0.2, -0.15) is 5.10 Å². The Balaban J connectivity index is 1.71. The second-order valence-corrected chi connectivity index (χ2v) is 9.16. The molecule has 2 aliphatic heterocycles. The highest BCUT2D eigenvalue weighted by Gasteiger charge is 2.37. The van der Waals surface area contributed by atoms with Crippen LogP contribution in [0, 0.1) is 5.82 Å². The summed E-state index contributed by atoms with van der Waals surface area (Å²) in [7, 11) is -1.81. The molecule has 0 bridgehead atoms. The van der Waals surface area contributed by atoms with Crippen LogP contribution in [0.2, 0.25) is 0 Å². The summed E-state index contributed by atoms with van der Waals surface area (Å²) in [5.74, 6) is -1.31. The number of sulfone groups is 1. The fourth-order valence-corrected chi connectivity index (χ4v) is 5.00. The van der Waals surface area contributed by atoms with Gasteiger partial charge in [-0.1, -0.05) is 6.07 Å². The topological polar surface area (TPSA) is 105 Å². The highest BCUT2D eigenvalue weighted by atomic mass is 32.2. The number of halogens is 1. The first-order chi connectivity index (χ1) is 13.2. The Morgan fingerprint density at radius 1 is 1.39 bits per heavy atom. The summed E-state index contributed by atoms with van der Waals surface area (Å²) in [6.07, 6.45) is 0.576. The minimum Gasteiger partial charge on any atom is -0.494 e. The zero-order valence-electron chi connectivity index (χ0n) is 15.6. The summed E-state index contributed by atoms with van der Waals surface area (Å²) in [6.45, 7) is 1.70. The number of amides is 2. The lowest BCUT2D eigenvalue weighted by Gasteiger charge is -2.28. The third-order valence-electron chi connectivity index (χ3n) is 4.90.